The summed E-state index contributed by atoms with van der Waals surface area (Å²) in [6.45, 7) is 0. The van der Waals surface area contributed by atoms with Crippen molar-refractivity contribution in [1.82, 2.24) is 0 Å². The molecule has 15 heavy (non-hydrogen) atoms. The van der Waals surface area contributed by atoms with Gasteiger partial charge in [0.1, 0.15) is 0 Å². The lowest BCUT2D eigenvalue weighted by Crippen LogP contribution is -2.43. The molecule has 1 spiro atoms. The molecule has 0 heterocycles. The van der Waals surface area contributed by atoms with Crippen LogP contribution in [0, 0.1) is 10.8 Å². The molecule has 0 unspecified atom stereocenters. The van der Waals surface area contributed by atoms with Gasteiger partial charge in [-0.3, -0.25) is 9.59 Å². The number of carboxylic acid groups (broad SMARTS) is 1. The standard InChI is InChI=1S/C11H16O4/c1-15-9(14)11(8(12)13)6-4-10(2-3-10)5-7-11/h2-7H2,1H3,(H,12,13). The van der Waals surface area contributed by atoms with E-state index in [0.717, 1.165) is 12.8 Å². The molecular weight excluding hydrogens is 196 g/mol. The summed E-state index contributed by atoms with van der Waals surface area (Å²) < 4.78 is 4.62. The van der Waals surface area contributed by atoms with E-state index in [9.17, 15) is 14.7 Å². The van der Waals surface area contributed by atoms with Crippen LogP contribution in [0.3, 0.4) is 0 Å². The highest BCUT2D eigenvalue weighted by Crippen LogP contribution is 2.59. The fourth-order valence-electron chi connectivity index (χ4n) is 2.58. The lowest BCUT2D eigenvalue weighted by atomic mass is 9.69. The Morgan fingerprint density at radius 3 is 1.87 bits per heavy atom. The van der Waals surface area contributed by atoms with Crippen molar-refractivity contribution in [3.63, 3.8) is 0 Å². The lowest BCUT2D eigenvalue weighted by Gasteiger charge is -2.34. The van der Waals surface area contributed by atoms with Gasteiger partial charge in [0.25, 0.3) is 0 Å². The van der Waals surface area contributed by atoms with Gasteiger partial charge in [-0.1, -0.05) is 0 Å². The SMILES string of the molecule is COC(=O)C1(C(=O)O)CCC2(CC2)CC1. The maximum Gasteiger partial charge on any atom is 0.323 e. The summed E-state index contributed by atoms with van der Waals surface area (Å²) in [6, 6.07) is 0. The third kappa shape index (κ3) is 1.52. The van der Waals surface area contributed by atoms with E-state index in [1.54, 1.807) is 0 Å². The Kier molecular flexibility index (Phi) is 2.24. The number of ether oxygens (including phenoxy) is 1. The highest BCUT2D eigenvalue weighted by atomic mass is 16.5. The van der Waals surface area contributed by atoms with E-state index in [1.807, 2.05) is 0 Å². The van der Waals surface area contributed by atoms with Crippen LogP contribution in [0.2, 0.25) is 0 Å². The molecule has 0 aromatic rings. The Balaban J connectivity index is 2.14. The van der Waals surface area contributed by atoms with Crippen molar-refractivity contribution in [2.24, 2.45) is 10.8 Å². The van der Waals surface area contributed by atoms with E-state index < -0.39 is 17.4 Å². The van der Waals surface area contributed by atoms with Crippen LogP contribution in [0.25, 0.3) is 0 Å². The molecule has 2 aliphatic carbocycles. The summed E-state index contributed by atoms with van der Waals surface area (Å²) in [4.78, 5) is 22.8. The van der Waals surface area contributed by atoms with Crippen LogP contribution in [0.15, 0.2) is 0 Å². The summed E-state index contributed by atoms with van der Waals surface area (Å²) >= 11 is 0. The summed E-state index contributed by atoms with van der Waals surface area (Å²) in [5.41, 5.74) is -0.879. The molecule has 2 saturated carbocycles. The van der Waals surface area contributed by atoms with Crippen LogP contribution >= 0.6 is 0 Å². The third-order valence-electron chi connectivity index (χ3n) is 4.11. The molecule has 2 rings (SSSR count). The Labute approximate surface area is 88.6 Å². The predicted molar refractivity (Wildman–Crippen MR) is 52.2 cm³/mol. The van der Waals surface area contributed by atoms with Gasteiger partial charge in [-0.2, -0.15) is 0 Å². The first kappa shape index (κ1) is 10.5. The number of aliphatic carboxylic acids is 1. The van der Waals surface area contributed by atoms with Crippen molar-refractivity contribution in [3.05, 3.63) is 0 Å². The molecule has 4 heteroatoms. The van der Waals surface area contributed by atoms with Crippen LogP contribution in [-0.2, 0) is 14.3 Å². The second kappa shape index (κ2) is 3.22. The number of carbonyl (C=O) groups excluding carboxylic acids is 1. The van der Waals surface area contributed by atoms with Crippen LogP contribution < -0.4 is 0 Å². The summed E-state index contributed by atoms with van der Waals surface area (Å²) in [5, 5.41) is 9.18. The van der Waals surface area contributed by atoms with Gasteiger partial charge >= 0.3 is 11.9 Å². The van der Waals surface area contributed by atoms with Crippen molar-refractivity contribution in [2.75, 3.05) is 7.11 Å². The maximum atomic E-state index is 11.6. The second-order valence-electron chi connectivity index (χ2n) is 4.88. The average Bonchev–Trinajstić information content (AvgIpc) is 2.98. The van der Waals surface area contributed by atoms with Crippen LogP contribution in [0.1, 0.15) is 38.5 Å². The van der Waals surface area contributed by atoms with Crippen LogP contribution in [0.5, 0.6) is 0 Å². The molecular formula is C11H16O4. The van der Waals surface area contributed by atoms with E-state index >= 15 is 0 Å². The number of carbonyl (C=O) groups is 2. The fourth-order valence-corrected chi connectivity index (χ4v) is 2.58. The molecule has 2 fully saturated rings. The van der Waals surface area contributed by atoms with Crippen LogP contribution in [0.4, 0.5) is 0 Å². The molecule has 0 radical (unpaired) electrons. The highest BCUT2D eigenvalue weighted by molar-refractivity contribution is 5.99. The van der Waals surface area contributed by atoms with Gasteiger partial charge in [0.15, 0.2) is 5.41 Å². The number of esters is 1. The predicted octanol–water partition coefficient (Wildman–Crippen LogP) is 1.58. The Hall–Kier alpha value is -1.06. The number of rotatable bonds is 2. The van der Waals surface area contributed by atoms with Crippen molar-refractivity contribution in [3.8, 4) is 0 Å². The lowest BCUT2D eigenvalue weighted by molar-refractivity contribution is -0.170. The van der Waals surface area contributed by atoms with Crippen LogP contribution in [-0.4, -0.2) is 24.2 Å². The fraction of sp³-hybridized carbons (Fsp3) is 0.818. The van der Waals surface area contributed by atoms with Gasteiger partial charge in [0.05, 0.1) is 7.11 Å². The zero-order chi connectivity index (χ0) is 11.1. The van der Waals surface area contributed by atoms with Crippen molar-refractivity contribution >= 4 is 11.9 Å². The van der Waals surface area contributed by atoms with Gasteiger partial charge in [0, 0.05) is 0 Å². The molecule has 0 aromatic heterocycles. The van der Waals surface area contributed by atoms with E-state index in [0.29, 0.717) is 18.3 Å². The smallest absolute Gasteiger partial charge is 0.323 e. The first-order valence-electron chi connectivity index (χ1n) is 5.37. The highest BCUT2D eigenvalue weighted by Gasteiger charge is 2.56. The van der Waals surface area contributed by atoms with Crippen molar-refractivity contribution < 1.29 is 19.4 Å². The summed E-state index contributed by atoms with van der Waals surface area (Å²) in [7, 11) is 1.26. The molecule has 0 amide bonds. The summed E-state index contributed by atoms with van der Waals surface area (Å²) in [5.74, 6) is -1.60. The van der Waals surface area contributed by atoms with Gasteiger partial charge in [0.2, 0.25) is 0 Å². The number of hydrogen-bond donors (Lipinski definition) is 1. The van der Waals surface area contributed by atoms with E-state index in [4.69, 9.17) is 0 Å². The largest absolute Gasteiger partial charge is 0.480 e. The average molecular weight is 212 g/mol. The van der Waals surface area contributed by atoms with Crippen molar-refractivity contribution in [1.29, 1.82) is 0 Å². The minimum atomic E-state index is -1.26. The molecule has 0 aromatic carbocycles. The first-order valence-corrected chi connectivity index (χ1v) is 5.37. The summed E-state index contributed by atoms with van der Waals surface area (Å²) in [6.07, 6.45) is 4.99. The topological polar surface area (TPSA) is 63.6 Å². The number of methoxy groups -OCH3 is 1. The third-order valence-corrected chi connectivity index (χ3v) is 4.11. The molecule has 2 aliphatic rings. The zero-order valence-electron chi connectivity index (χ0n) is 8.91. The van der Waals surface area contributed by atoms with Gasteiger partial charge in [-0.25, -0.2) is 0 Å². The first-order chi connectivity index (χ1) is 7.05. The molecule has 0 saturated heterocycles. The van der Waals surface area contributed by atoms with Gasteiger partial charge in [-0.05, 0) is 43.9 Å². The molecule has 1 N–H and O–H groups in total. The van der Waals surface area contributed by atoms with E-state index in [1.165, 1.54) is 20.0 Å². The molecule has 0 aliphatic heterocycles. The van der Waals surface area contributed by atoms with E-state index in [2.05, 4.69) is 4.74 Å². The number of hydrogen-bond acceptors (Lipinski definition) is 3. The Morgan fingerprint density at radius 1 is 1.07 bits per heavy atom. The quantitative estimate of drug-likeness (QED) is 0.557. The normalized spacial score (nSPS) is 25.9. The van der Waals surface area contributed by atoms with Gasteiger partial charge < -0.3 is 9.84 Å². The maximum absolute atomic E-state index is 11.6. The van der Waals surface area contributed by atoms with Gasteiger partial charge in [-0.15, -0.1) is 0 Å². The molecule has 84 valence electrons. The zero-order valence-corrected chi connectivity index (χ0v) is 8.91. The second-order valence-corrected chi connectivity index (χ2v) is 4.88. The molecule has 4 nitrogen and oxygen atoms in total. The molecule has 0 atom stereocenters. The monoisotopic (exact) mass is 212 g/mol. The van der Waals surface area contributed by atoms with E-state index in [-0.39, 0.29) is 0 Å². The number of carboxylic acids is 1. The Morgan fingerprint density at radius 2 is 1.53 bits per heavy atom. The Bertz CT molecular complexity index is 294. The van der Waals surface area contributed by atoms with Crippen molar-refractivity contribution in [2.45, 2.75) is 38.5 Å². The minimum absolute atomic E-state index is 0.382. The minimum Gasteiger partial charge on any atom is -0.480 e. The molecule has 0 bridgehead atoms.